The third kappa shape index (κ3) is 2.89. The minimum atomic E-state index is -0.258. The number of hydrogen-bond donors (Lipinski definition) is 1. The molecule has 0 saturated carbocycles. The molecule has 0 unspecified atom stereocenters. The number of nitrogens with zero attached hydrogens (tertiary/aromatic N) is 2. The van der Waals surface area contributed by atoms with Crippen molar-refractivity contribution in [2.75, 3.05) is 6.54 Å². The van der Waals surface area contributed by atoms with E-state index in [1.807, 2.05) is 20.8 Å². The summed E-state index contributed by atoms with van der Waals surface area (Å²) >= 11 is 5.85. The molecule has 1 heterocycles. The van der Waals surface area contributed by atoms with Crippen molar-refractivity contribution < 1.29 is 4.79 Å². The molecule has 4 nitrogen and oxygen atoms in total. The summed E-state index contributed by atoms with van der Waals surface area (Å²) in [6.45, 7) is 6.32. The summed E-state index contributed by atoms with van der Waals surface area (Å²) in [6, 6.07) is 0. The lowest BCUT2D eigenvalue weighted by atomic mass is 10.2. The predicted octanol–water partition coefficient (Wildman–Crippen LogP) is 2.00. The third-order valence-electron chi connectivity index (χ3n) is 1.83. The Balaban J connectivity index is 3.05. The minimum absolute atomic E-state index is 0.176. The van der Waals surface area contributed by atoms with Gasteiger partial charge in [-0.25, -0.2) is 9.97 Å². The van der Waals surface area contributed by atoms with E-state index in [1.165, 1.54) is 6.20 Å². The zero-order chi connectivity index (χ0) is 11.4. The van der Waals surface area contributed by atoms with Gasteiger partial charge in [-0.1, -0.05) is 25.4 Å². The number of amides is 1. The Kier molecular flexibility index (Phi) is 4.03. The quantitative estimate of drug-likeness (QED) is 0.860. The Labute approximate surface area is 94.1 Å². The molecule has 1 aromatic heterocycles. The molecule has 0 saturated heterocycles. The molecule has 1 amide bonds. The summed E-state index contributed by atoms with van der Waals surface area (Å²) in [4.78, 5) is 19.7. The highest BCUT2D eigenvalue weighted by atomic mass is 35.5. The molecule has 1 rings (SSSR count). The fraction of sp³-hybridized carbons (Fsp3) is 0.500. The standard InChI is InChI=1S/C10H14ClN3O/c1-4-12-10(15)8-7(11)5-13-9(14-8)6(2)3/h5-6H,4H2,1-3H3,(H,12,15). The van der Waals surface area contributed by atoms with E-state index < -0.39 is 0 Å². The summed E-state index contributed by atoms with van der Waals surface area (Å²) < 4.78 is 0. The molecule has 0 aliphatic carbocycles. The lowest BCUT2D eigenvalue weighted by molar-refractivity contribution is 0.0950. The van der Waals surface area contributed by atoms with E-state index in [1.54, 1.807) is 0 Å². The average Bonchev–Trinajstić information content (AvgIpc) is 2.18. The van der Waals surface area contributed by atoms with Crippen LogP contribution < -0.4 is 5.32 Å². The lowest BCUT2D eigenvalue weighted by Crippen LogP contribution is -2.24. The van der Waals surface area contributed by atoms with Gasteiger partial charge in [0.1, 0.15) is 11.5 Å². The molecular formula is C10H14ClN3O. The van der Waals surface area contributed by atoms with Gasteiger partial charge in [-0.2, -0.15) is 0 Å². The first kappa shape index (κ1) is 11.9. The van der Waals surface area contributed by atoms with Crippen LogP contribution in [0.2, 0.25) is 5.02 Å². The van der Waals surface area contributed by atoms with Gasteiger partial charge in [-0.05, 0) is 6.92 Å². The molecule has 0 fully saturated rings. The second-order valence-electron chi connectivity index (χ2n) is 3.44. The van der Waals surface area contributed by atoms with Gasteiger partial charge < -0.3 is 5.32 Å². The van der Waals surface area contributed by atoms with Crippen molar-refractivity contribution in [3.05, 3.63) is 22.7 Å². The lowest BCUT2D eigenvalue weighted by Gasteiger charge is -2.07. The van der Waals surface area contributed by atoms with Crippen LogP contribution in [-0.4, -0.2) is 22.4 Å². The van der Waals surface area contributed by atoms with Gasteiger partial charge >= 0.3 is 0 Å². The second kappa shape index (κ2) is 5.07. The number of rotatable bonds is 3. The van der Waals surface area contributed by atoms with Crippen LogP contribution in [0.25, 0.3) is 0 Å². The van der Waals surface area contributed by atoms with Crippen molar-refractivity contribution in [3.8, 4) is 0 Å². The first-order valence-corrected chi connectivity index (χ1v) is 5.24. The van der Waals surface area contributed by atoms with Crippen molar-refractivity contribution >= 4 is 17.5 Å². The Morgan fingerprint density at radius 1 is 1.60 bits per heavy atom. The van der Waals surface area contributed by atoms with Crippen LogP contribution >= 0.6 is 11.6 Å². The molecule has 1 aromatic rings. The highest BCUT2D eigenvalue weighted by molar-refractivity contribution is 6.33. The number of halogens is 1. The van der Waals surface area contributed by atoms with Crippen molar-refractivity contribution in [3.63, 3.8) is 0 Å². The molecule has 5 heteroatoms. The van der Waals surface area contributed by atoms with Gasteiger partial charge in [0.25, 0.3) is 5.91 Å². The van der Waals surface area contributed by atoms with Crippen LogP contribution in [0.4, 0.5) is 0 Å². The SMILES string of the molecule is CCNC(=O)c1nc(C(C)C)ncc1Cl. The van der Waals surface area contributed by atoms with E-state index in [0.29, 0.717) is 12.4 Å². The molecular weight excluding hydrogens is 214 g/mol. The first-order chi connectivity index (χ1) is 7.06. The molecule has 0 aliphatic rings. The van der Waals surface area contributed by atoms with Gasteiger partial charge in [-0.15, -0.1) is 0 Å². The van der Waals surface area contributed by atoms with Gasteiger partial charge in [-0.3, -0.25) is 4.79 Å². The van der Waals surface area contributed by atoms with E-state index in [4.69, 9.17) is 11.6 Å². The summed E-state index contributed by atoms with van der Waals surface area (Å²) in [5.41, 5.74) is 0.247. The molecule has 0 bridgehead atoms. The topological polar surface area (TPSA) is 54.9 Å². The fourth-order valence-corrected chi connectivity index (χ4v) is 1.24. The van der Waals surface area contributed by atoms with Crippen LogP contribution in [0.1, 0.15) is 43.0 Å². The third-order valence-corrected chi connectivity index (χ3v) is 2.11. The van der Waals surface area contributed by atoms with Crippen molar-refractivity contribution in [1.29, 1.82) is 0 Å². The molecule has 0 atom stereocenters. The Bertz CT molecular complexity index is 366. The zero-order valence-electron chi connectivity index (χ0n) is 9.04. The normalized spacial score (nSPS) is 10.5. The van der Waals surface area contributed by atoms with Crippen molar-refractivity contribution in [2.24, 2.45) is 0 Å². The number of nitrogens with one attached hydrogen (secondary N) is 1. The molecule has 0 aliphatic heterocycles. The van der Waals surface area contributed by atoms with Gasteiger partial charge in [0.2, 0.25) is 0 Å². The highest BCUT2D eigenvalue weighted by Crippen LogP contribution is 2.15. The summed E-state index contributed by atoms with van der Waals surface area (Å²) in [5, 5.41) is 2.94. The maximum absolute atomic E-state index is 11.6. The van der Waals surface area contributed by atoms with Crippen LogP contribution in [0.15, 0.2) is 6.20 Å². The summed E-state index contributed by atoms with van der Waals surface area (Å²) in [5.74, 6) is 0.544. The first-order valence-electron chi connectivity index (χ1n) is 4.86. The minimum Gasteiger partial charge on any atom is -0.351 e. The average molecular weight is 228 g/mol. The smallest absolute Gasteiger partial charge is 0.271 e. The van der Waals surface area contributed by atoms with E-state index in [0.717, 1.165) is 0 Å². The number of hydrogen-bond acceptors (Lipinski definition) is 3. The van der Waals surface area contributed by atoms with Crippen LogP contribution in [0.3, 0.4) is 0 Å². The maximum atomic E-state index is 11.6. The predicted molar refractivity (Wildman–Crippen MR) is 59.1 cm³/mol. The zero-order valence-corrected chi connectivity index (χ0v) is 9.80. The van der Waals surface area contributed by atoms with Crippen LogP contribution in [0.5, 0.6) is 0 Å². The van der Waals surface area contributed by atoms with E-state index in [-0.39, 0.29) is 22.5 Å². The van der Waals surface area contributed by atoms with Gasteiger partial charge in [0.15, 0.2) is 0 Å². The number of aromatic nitrogens is 2. The Morgan fingerprint density at radius 3 is 2.80 bits per heavy atom. The van der Waals surface area contributed by atoms with Crippen molar-refractivity contribution in [1.82, 2.24) is 15.3 Å². The van der Waals surface area contributed by atoms with E-state index in [2.05, 4.69) is 15.3 Å². The largest absolute Gasteiger partial charge is 0.351 e. The molecule has 0 radical (unpaired) electrons. The van der Waals surface area contributed by atoms with Gasteiger partial charge in [0, 0.05) is 12.5 Å². The number of carbonyl (C=O) groups is 1. The summed E-state index contributed by atoms with van der Waals surface area (Å²) in [6.07, 6.45) is 1.47. The Morgan fingerprint density at radius 2 is 2.27 bits per heavy atom. The molecule has 0 aromatic carbocycles. The van der Waals surface area contributed by atoms with Gasteiger partial charge in [0.05, 0.1) is 11.2 Å². The highest BCUT2D eigenvalue weighted by Gasteiger charge is 2.14. The second-order valence-corrected chi connectivity index (χ2v) is 3.85. The Hall–Kier alpha value is -1.16. The molecule has 0 spiro atoms. The molecule has 1 N–H and O–H groups in total. The van der Waals surface area contributed by atoms with Crippen LogP contribution in [0, 0.1) is 0 Å². The van der Waals surface area contributed by atoms with Crippen LogP contribution in [-0.2, 0) is 0 Å². The fourth-order valence-electron chi connectivity index (χ4n) is 1.06. The van der Waals surface area contributed by atoms with E-state index >= 15 is 0 Å². The molecule has 15 heavy (non-hydrogen) atoms. The molecule has 82 valence electrons. The number of carbonyl (C=O) groups excluding carboxylic acids is 1. The van der Waals surface area contributed by atoms with Crippen molar-refractivity contribution in [2.45, 2.75) is 26.7 Å². The van der Waals surface area contributed by atoms with E-state index in [9.17, 15) is 4.79 Å². The maximum Gasteiger partial charge on any atom is 0.271 e. The monoisotopic (exact) mass is 227 g/mol. The summed E-state index contributed by atoms with van der Waals surface area (Å²) in [7, 11) is 0.